The molecule has 0 aliphatic heterocycles. The maximum absolute atomic E-state index is 12.2. The van der Waals surface area contributed by atoms with E-state index in [1.54, 1.807) is 13.1 Å². The second-order valence-corrected chi connectivity index (χ2v) is 7.09. The van der Waals surface area contributed by atoms with Gasteiger partial charge in [-0.3, -0.25) is 9.36 Å². The quantitative estimate of drug-likeness (QED) is 0.786. The number of hydrogen-bond donors (Lipinski definition) is 0. The first-order chi connectivity index (χ1) is 8.84. The van der Waals surface area contributed by atoms with Crippen molar-refractivity contribution in [2.24, 2.45) is 7.05 Å². The summed E-state index contributed by atoms with van der Waals surface area (Å²) in [4.78, 5) is 16.7. The molecule has 0 spiro atoms. The second-order valence-electron chi connectivity index (χ2n) is 4.28. The number of hydrogen-bond acceptors (Lipinski definition) is 4. The van der Waals surface area contributed by atoms with Gasteiger partial charge in [-0.15, -0.1) is 0 Å². The van der Waals surface area contributed by atoms with Gasteiger partial charge in [0.2, 0.25) is 0 Å². The molecule has 2 rings (SSSR count). The highest BCUT2D eigenvalue weighted by atomic mass is 79.9. The van der Waals surface area contributed by atoms with Crippen molar-refractivity contribution in [3.05, 3.63) is 34.4 Å². The van der Waals surface area contributed by atoms with E-state index in [0.29, 0.717) is 28.5 Å². The maximum atomic E-state index is 12.2. The Bertz CT molecular complexity index is 796. The molecule has 0 N–H and O–H groups in total. The van der Waals surface area contributed by atoms with Crippen LogP contribution < -0.4 is 5.56 Å². The fourth-order valence-corrected chi connectivity index (χ4v) is 2.84. The largest absolute Gasteiger partial charge is 0.299 e. The predicted octanol–water partition coefficient (Wildman–Crippen LogP) is 1.27. The minimum absolute atomic E-state index is 0.132. The topological polar surface area (TPSA) is 69.0 Å². The van der Waals surface area contributed by atoms with E-state index in [4.69, 9.17) is 0 Å². The minimum Gasteiger partial charge on any atom is -0.299 e. The summed E-state index contributed by atoms with van der Waals surface area (Å²) in [5.74, 6) is 0.668. The van der Waals surface area contributed by atoms with Crippen molar-refractivity contribution in [2.75, 3.05) is 11.6 Å². The van der Waals surface area contributed by atoms with Crippen LogP contribution in [-0.2, 0) is 23.3 Å². The van der Waals surface area contributed by atoms with Crippen LogP contribution in [0.5, 0.6) is 0 Å². The lowest BCUT2D eigenvalue weighted by molar-refractivity contribution is 0.602. The summed E-state index contributed by atoms with van der Waals surface area (Å²) in [6, 6.07) is 4.44. The van der Waals surface area contributed by atoms with E-state index >= 15 is 0 Å². The van der Waals surface area contributed by atoms with Gasteiger partial charge < -0.3 is 0 Å². The maximum Gasteiger partial charge on any atom is 0.261 e. The molecule has 0 saturated heterocycles. The van der Waals surface area contributed by atoms with Gasteiger partial charge >= 0.3 is 0 Å². The Balaban J connectivity index is 2.79. The number of aryl methyl sites for hydroxylation is 1. The van der Waals surface area contributed by atoms with Crippen LogP contribution in [0.25, 0.3) is 10.9 Å². The summed E-state index contributed by atoms with van der Waals surface area (Å²) in [6.45, 7) is 0. The zero-order valence-electron chi connectivity index (χ0n) is 10.6. The van der Waals surface area contributed by atoms with E-state index in [-0.39, 0.29) is 10.5 Å². The van der Waals surface area contributed by atoms with Gasteiger partial charge in [-0.25, -0.2) is 13.4 Å². The first kappa shape index (κ1) is 14.2. The van der Waals surface area contributed by atoms with Crippen molar-refractivity contribution in [1.29, 1.82) is 0 Å². The number of alkyl halides is 1. The van der Waals surface area contributed by atoms with Gasteiger partial charge in [0.15, 0.2) is 9.84 Å². The molecule has 1 aromatic carbocycles. The fourth-order valence-electron chi connectivity index (χ4n) is 1.83. The van der Waals surface area contributed by atoms with Crippen LogP contribution in [0.3, 0.4) is 0 Å². The van der Waals surface area contributed by atoms with Crippen LogP contribution in [0.4, 0.5) is 0 Å². The highest BCUT2D eigenvalue weighted by Gasteiger charge is 2.12. The summed E-state index contributed by atoms with van der Waals surface area (Å²) in [5.41, 5.74) is 0.290. The number of benzene rings is 1. The molecule has 0 amide bonds. The minimum atomic E-state index is -3.33. The molecule has 0 radical (unpaired) electrons. The third kappa shape index (κ3) is 2.71. The van der Waals surface area contributed by atoms with Gasteiger partial charge in [0, 0.05) is 25.1 Å². The smallest absolute Gasteiger partial charge is 0.261 e. The van der Waals surface area contributed by atoms with Crippen molar-refractivity contribution in [3.63, 3.8) is 0 Å². The molecule has 1 aromatic heterocycles. The monoisotopic (exact) mass is 344 g/mol. The van der Waals surface area contributed by atoms with Gasteiger partial charge in [0.05, 0.1) is 15.8 Å². The van der Waals surface area contributed by atoms with E-state index in [1.807, 2.05) is 0 Å². The summed E-state index contributed by atoms with van der Waals surface area (Å²) in [5, 5.41) is 1.03. The van der Waals surface area contributed by atoms with E-state index in [1.165, 1.54) is 16.7 Å². The summed E-state index contributed by atoms with van der Waals surface area (Å²) >= 11 is 3.31. The predicted molar refractivity (Wildman–Crippen MR) is 77.6 cm³/mol. The van der Waals surface area contributed by atoms with Crippen LogP contribution in [0.1, 0.15) is 5.82 Å². The molecular formula is C12H13BrN2O3S. The first-order valence-corrected chi connectivity index (χ1v) is 8.61. The molecule has 1 heterocycles. The van der Waals surface area contributed by atoms with Crippen molar-refractivity contribution < 1.29 is 8.42 Å². The summed E-state index contributed by atoms with van der Waals surface area (Å²) in [6.07, 6.45) is 1.75. The Labute approximate surface area is 119 Å². The van der Waals surface area contributed by atoms with E-state index in [2.05, 4.69) is 20.9 Å². The van der Waals surface area contributed by atoms with Crippen LogP contribution >= 0.6 is 15.9 Å². The molecular weight excluding hydrogens is 332 g/mol. The number of halogens is 1. The lowest BCUT2D eigenvalue weighted by Crippen LogP contribution is -2.22. The molecule has 0 unspecified atom stereocenters. The molecule has 19 heavy (non-hydrogen) atoms. The summed E-state index contributed by atoms with van der Waals surface area (Å²) in [7, 11) is -1.69. The number of fused-ring (bicyclic) bond motifs is 1. The molecule has 0 atom stereocenters. The Hall–Kier alpha value is -1.21. The third-order valence-corrected chi connectivity index (χ3v) is 4.39. The highest BCUT2D eigenvalue weighted by molar-refractivity contribution is 9.09. The molecule has 0 saturated carbocycles. The Morgan fingerprint density at radius 2 is 2.05 bits per heavy atom. The fraction of sp³-hybridized carbons (Fsp3) is 0.333. The molecule has 5 nitrogen and oxygen atoms in total. The third-order valence-electron chi connectivity index (χ3n) is 2.89. The van der Waals surface area contributed by atoms with Crippen LogP contribution in [0.2, 0.25) is 0 Å². The second kappa shape index (κ2) is 5.05. The van der Waals surface area contributed by atoms with Crippen molar-refractivity contribution in [2.45, 2.75) is 11.3 Å². The summed E-state index contributed by atoms with van der Waals surface area (Å²) < 4.78 is 24.5. The van der Waals surface area contributed by atoms with Crippen LogP contribution in [0, 0.1) is 0 Å². The number of aromatic nitrogens is 2. The van der Waals surface area contributed by atoms with Crippen molar-refractivity contribution in [1.82, 2.24) is 9.55 Å². The molecule has 7 heteroatoms. The lowest BCUT2D eigenvalue weighted by atomic mass is 10.2. The molecule has 2 aromatic rings. The molecule has 0 aliphatic rings. The molecule has 0 fully saturated rings. The Kier molecular flexibility index (Phi) is 3.78. The Morgan fingerprint density at radius 3 is 2.63 bits per heavy atom. The van der Waals surface area contributed by atoms with Gasteiger partial charge in [-0.1, -0.05) is 15.9 Å². The number of nitrogens with zero attached hydrogens (tertiary/aromatic N) is 2. The van der Waals surface area contributed by atoms with Gasteiger partial charge in [0.1, 0.15) is 5.82 Å². The number of rotatable bonds is 3. The highest BCUT2D eigenvalue weighted by Crippen LogP contribution is 2.15. The lowest BCUT2D eigenvalue weighted by Gasteiger charge is -2.08. The average molecular weight is 345 g/mol. The van der Waals surface area contributed by atoms with Crippen molar-refractivity contribution in [3.8, 4) is 0 Å². The van der Waals surface area contributed by atoms with Crippen LogP contribution in [0.15, 0.2) is 27.9 Å². The van der Waals surface area contributed by atoms with Crippen LogP contribution in [-0.4, -0.2) is 29.6 Å². The van der Waals surface area contributed by atoms with Crippen molar-refractivity contribution >= 4 is 36.7 Å². The molecule has 0 bridgehead atoms. The standard InChI is InChI=1S/C12H13BrN2O3S/c1-15-11(5-6-13)14-10-4-3-8(19(2,17)18)7-9(10)12(15)16/h3-4,7H,5-6H2,1-2H3. The zero-order chi connectivity index (χ0) is 14.2. The Morgan fingerprint density at radius 1 is 1.37 bits per heavy atom. The normalized spacial score (nSPS) is 11.9. The van der Waals surface area contributed by atoms with E-state index < -0.39 is 9.84 Å². The van der Waals surface area contributed by atoms with E-state index in [0.717, 1.165) is 6.26 Å². The average Bonchev–Trinajstić information content (AvgIpc) is 2.34. The van der Waals surface area contributed by atoms with Gasteiger partial charge in [-0.2, -0.15) is 0 Å². The molecule has 0 aliphatic carbocycles. The van der Waals surface area contributed by atoms with E-state index in [9.17, 15) is 13.2 Å². The number of sulfone groups is 1. The first-order valence-electron chi connectivity index (χ1n) is 5.60. The van der Waals surface area contributed by atoms with Gasteiger partial charge in [-0.05, 0) is 18.2 Å². The van der Waals surface area contributed by atoms with Gasteiger partial charge in [0.25, 0.3) is 5.56 Å². The zero-order valence-corrected chi connectivity index (χ0v) is 13.0. The molecule has 102 valence electrons. The SMILES string of the molecule is Cn1c(CCBr)nc2ccc(S(C)(=O)=O)cc2c1=O.